The van der Waals surface area contributed by atoms with Crippen LogP contribution in [0.5, 0.6) is 0 Å². The Kier molecular flexibility index (Phi) is 4.29. The predicted octanol–water partition coefficient (Wildman–Crippen LogP) is 2.33. The van der Waals surface area contributed by atoms with Crippen molar-refractivity contribution in [1.29, 1.82) is 0 Å². The molecule has 0 aliphatic carbocycles. The number of hydrogen-bond acceptors (Lipinski definition) is 3. The van der Waals surface area contributed by atoms with E-state index in [1.54, 1.807) is 19.1 Å². The summed E-state index contributed by atoms with van der Waals surface area (Å²) in [5, 5.41) is 0. The Morgan fingerprint density at radius 1 is 1.27 bits per heavy atom. The van der Waals surface area contributed by atoms with Crippen molar-refractivity contribution >= 4 is 10.1 Å². The van der Waals surface area contributed by atoms with Crippen LogP contribution in [0.15, 0.2) is 30.3 Å². The van der Waals surface area contributed by atoms with E-state index in [0.717, 1.165) is 5.56 Å². The Hall–Kier alpha value is -0.870. The maximum atomic E-state index is 11.5. The molecule has 0 heterocycles. The van der Waals surface area contributed by atoms with Crippen molar-refractivity contribution in [1.82, 2.24) is 0 Å². The Bertz CT molecular complexity index is 384. The Morgan fingerprint density at radius 2 is 1.87 bits per heavy atom. The molecule has 15 heavy (non-hydrogen) atoms. The van der Waals surface area contributed by atoms with E-state index < -0.39 is 10.1 Å². The minimum atomic E-state index is -3.45. The summed E-state index contributed by atoms with van der Waals surface area (Å²) < 4.78 is 28.1. The first-order valence-electron chi connectivity index (χ1n) is 4.98. The first-order valence-corrected chi connectivity index (χ1v) is 6.56. The van der Waals surface area contributed by atoms with Crippen molar-refractivity contribution in [2.24, 2.45) is 0 Å². The molecule has 0 saturated heterocycles. The van der Waals surface area contributed by atoms with E-state index in [2.05, 4.69) is 0 Å². The van der Waals surface area contributed by atoms with Crippen LogP contribution >= 0.6 is 0 Å². The third kappa shape index (κ3) is 4.44. The molecule has 4 heteroatoms. The van der Waals surface area contributed by atoms with Crippen molar-refractivity contribution in [3.63, 3.8) is 0 Å². The van der Waals surface area contributed by atoms with Gasteiger partial charge in [0.25, 0.3) is 10.1 Å². The van der Waals surface area contributed by atoms with E-state index in [9.17, 15) is 8.42 Å². The molecule has 0 aliphatic heterocycles. The van der Waals surface area contributed by atoms with Crippen LogP contribution in [-0.4, -0.2) is 14.5 Å². The van der Waals surface area contributed by atoms with Gasteiger partial charge in [-0.05, 0) is 18.9 Å². The lowest BCUT2D eigenvalue weighted by Gasteiger charge is -2.10. The molecule has 1 rings (SSSR count). The van der Waals surface area contributed by atoms with Gasteiger partial charge in [-0.3, -0.25) is 4.18 Å². The molecule has 3 nitrogen and oxygen atoms in total. The van der Waals surface area contributed by atoms with Crippen LogP contribution in [-0.2, 0) is 20.1 Å². The third-order valence-electron chi connectivity index (χ3n) is 2.07. The summed E-state index contributed by atoms with van der Waals surface area (Å²) in [6.45, 7) is 3.64. The Morgan fingerprint density at radius 3 is 2.40 bits per heavy atom. The van der Waals surface area contributed by atoms with Gasteiger partial charge >= 0.3 is 0 Å². The first kappa shape index (κ1) is 12.2. The second kappa shape index (κ2) is 5.28. The van der Waals surface area contributed by atoms with Crippen molar-refractivity contribution in [2.45, 2.75) is 32.1 Å². The Labute approximate surface area is 91.2 Å². The van der Waals surface area contributed by atoms with Gasteiger partial charge < -0.3 is 0 Å². The molecular formula is C11H16O3S. The highest BCUT2D eigenvalue weighted by atomic mass is 32.2. The smallest absolute Gasteiger partial charge is 0.267 e. The van der Waals surface area contributed by atoms with Crippen molar-refractivity contribution in [2.75, 3.05) is 0 Å². The summed E-state index contributed by atoms with van der Waals surface area (Å²) in [6, 6.07) is 9.03. The zero-order valence-electron chi connectivity index (χ0n) is 9.01. The number of hydrogen-bond donors (Lipinski definition) is 0. The van der Waals surface area contributed by atoms with Gasteiger partial charge in [0.15, 0.2) is 0 Å². The average molecular weight is 228 g/mol. The molecule has 0 N–H and O–H groups in total. The van der Waals surface area contributed by atoms with Gasteiger partial charge in [-0.2, -0.15) is 8.42 Å². The van der Waals surface area contributed by atoms with E-state index in [-0.39, 0.29) is 11.9 Å². The zero-order chi connectivity index (χ0) is 11.3. The van der Waals surface area contributed by atoms with E-state index in [0.29, 0.717) is 6.42 Å². The topological polar surface area (TPSA) is 43.4 Å². The van der Waals surface area contributed by atoms with Crippen LogP contribution in [0.3, 0.4) is 0 Å². The summed E-state index contributed by atoms with van der Waals surface area (Å²) in [6.07, 6.45) is 0.437. The second-order valence-corrected chi connectivity index (χ2v) is 5.10. The molecule has 0 saturated carbocycles. The van der Waals surface area contributed by atoms with Crippen molar-refractivity contribution < 1.29 is 12.6 Å². The first-order chi connectivity index (χ1) is 7.03. The molecular weight excluding hydrogens is 212 g/mol. The second-order valence-electron chi connectivity index (χ2n) is 3.50. The van der Waals surface area contributed by atoms with Crippen LogP contribution in [0.1, 0.15) is 25.8 Å². The van der Waals surface area contributed by atoms with Crippen LogP contribution in [0, 0.1) is 0 Å². The van der Waals surface area contributed by atoms with Gasteiger partial charge in [-0.15, -0.1) is 0 Å². The predicted molar refractivity (Wildman–Crippen MR) is 59.9 cm³/mol. The van der Waals surface area contributed by atoms with Gasteiger partial charge in [-0.1, -0.05) is 37.3 Å². The fourth-order valence-corrected chi connectivity index (χ4v) is 2.44. The SMILES string of the molecule is CC[C@H](C)OS(=O)(=O)Cc1ccccc1. The normalized spacial score (nSPS) is 13.7. The molecule has 84 valence electrons. The zero-order valence-corrected chi connectivity index (χ0v) is 9.83. The molecule has 0 aliphatic rings. The van der Waals surface area contributed by atoms with Crippen molar-refractivity contribution in [3.05, 3.63) is 35.9 Å². The van der Waals surface area contributed by atoms with Gasteiger partial charge in [0.1, 0.15) is 5.75 Å². The average Bonchev–Trinajstić information content (AvgIpc) is 2.17. The summed E-state index contributed by atoms with van der Waals surface area (Å²) in [7, 11) is -3.45. The minimum Gasteiger partial charge on any atom is -0.267 e. The van der Waals surface area contributed by atoms with Gasteiger partial charge in [0.05, 0.1) is 6.10 Å². The maximum absolute atomic E-state index is 11.5. The molecule has 0 amide bonds. The molecule has 0 fully saturated rings. The molecule has 0 radical (unpaired) electrons. The molecule has 1 atom stereocenters. The summed E-state index contributed by atoms with van der Waals surface area (Å²) >= 11 is 0. The van der Waals surface area contributed by atoms with E-state index in [1.165, 1.54) is 0 Å². The quantitative estimate of drug-likeness (QED) is 0.726. The molecule has 1 aromatic rings. The van der Waals surface area contributed by atoms with Gasteiger partial charge in [0.2, 0.25) is 0 Å². The largest absolute Gasteiger partial charge is 0.271 e. The maximum Gasteiger partial charge on any atom is 0.271 e. The van der Waals surface area contributed by atoms with E-state index in [1.807, 2.05) is 25.1 Å². The van der Waals surface area contributed by atoms with Gasteiger partial charge in [-0.25, -0.2) is 0 Å². The number of benzene rings is 1. The van der Waals surface area contributed by atoms with Crippen LogP contribution in [0.2, 0.25) is 0 Å². The molecule has 0 unspecified atom stereocenters. The monoisotopic (exact) mass is 228 g/mol. The lowest BCUT2D eigenvalue weighted by atomic mass is 10.2. The lowest BCUT2D eigenvalue weighted by molar-refractivity contribution is 0.224. The van der Waals surface area contributed by atoms with Crippen LogP contribution < -0.4 is 0 Å². The highest BCUT2D eigenvalue weighted by Gasteiger charge is 2.15. The van der Waals surface area contributed by atoms with E-state index >= 15 is 0 Å². The van der Waals surface area contributed by atoms with Gasteiger partial charge in [0, 0.05) is 0 Å². The lowest BCUT2D eigenvalue weighted by Crippen LogP contribution is -2.16. The fourth-order valence-electron chi connectivity index (χ4n) is 1.13. The van der Waals surface area contributed by atoms with Crippen molar-refractivity contribution in [3.8, 4) is 0 Å². The summed E-state index contributed by atoms with van der Waals surface area (Å²) in [5.41, 5.74) is 0.751. The fraction of sp³-hybridized carbons (Fsp3) is 0.455. The van der Waals surface area contributed by atoms with E-state index in [4.69, 9.17) is 4.18 Å². The highest BCUT2D eigenvalue weighted by Crippen LogP contribution is 2.10. The Balaban J connectivity index is 2.65. The summed E-state index contributed by atoms with van der Waals surface area (Å²) in [4.78, 5) is 0. The molecule has 0 spiro atoms. The molecule has 0 bridgehead atoms. The van der Waals surface area contributed by atoms with Crippen LogP contribution in [0.25, 0.3) is 0 Å². The molecule has 1 aromatic carbocycles. The van der Waals surface area contributed by atoms with Crippen LogP contribution in [0.4, 0.5) is 0 Å². The number of rotatable bonds is 5. The summed E-state index contributed by atoms with van der Waals surface area (Å²) in [5.74, 6) is -0.0574. The standard InChI is InChI=1S/C11H16O3S/c1-3-10(2)14-15(12,13)9-11-7-5-4-6-8-11/h4-8,10H,3,9H2,1-2H3/t10-/m0/s1. The third-order valence-corrected chi connectivity index (χ3v) is 3.38. The highest BCUT2D eigenvalue weighted by molar-refractivity contribution is 7.85. The molecule has 0 aromatic heterocycles. The minimum absolute atomic E-state index is 0.0574.